The maximum atomic E-state index is 15.5. The van der Waals surface area contributed by atoms with E-state index in [4.69, 9.17) is 0 Å². The summed E-state index contributed by atoms with van der Waals surface area (Å²) >= 11 is 0. The van der Waals surface area contributed by atoms with E-state index in [1.165, 1.54) is 4.80 Å². The van der Waals surface area contributed by atoms with E-state index >= 15 is 4.39 Å². The van der Waals surface area contributed by atoms with E-state index in [1.54, 1.807) is 19.3 Å². The average Bonchev–Trinajstić information content (AvgIpc) is 3.11. The summed E-state index contributed by atoms with van der Waals surface area (Å²) in [6.07, 6.45) is 0.500. The number of halogens is 4. The van der Waals surface area contributed by atoms with Crippen LogP contribution in [0.25, 0.3) is 0 Å². The van der Waals surface area contributed by atoms with Crippen molar-refractivity contribution in [3.05, 3.63) is 41.0 Å². The SMILES string of the molecule is Cn1ncc(CC(=O)NC2CCC(F)(CCN3CCc4ccc(CCC(F)(F)F)nc4CC3)CC2)n1. The van der Waals surface area contributed by atoms with E-state index in [9.17, 15) is 18.0 Å². The minimum Gasteiger partial charge on any atom is -0.353 e. The smallest absolute Gasteiger partial charge is 0.353 e. The maximum absolute atomic E-state index is 15.5. The topological polar surface area (TPSA) is 75.9 Å². The van der Waals surface area contributed by atoms with E-state index in [0.717, 1.165) is 30.8 Å². The lowest BCUT2D eigenvalue weighted by molar-refractivity contribution is -0.134. The van der Waals surface area contributed by atoms with Gasteiger partial charge in [0.1, 0.15) is 5.67 Å². The molecule has 0 bridgehead atoms. The highest BCUT2D eigenvalue weighted by Crippen LogP contribution is 2.35. The van der Waals surface area contributed by atoms with Gasteiger partial charge in [-0.15, -0.1) is 0 Å². The minimum absolute atomic E-state index is 0.0247. The number of aryl methyl sites for hydroxylation is 2. The summed E-state index contributed by atoms with van der Waals surface area (Å²) < 4.78 is 53.1. The summed E-state index contributed by atoms with van der Waals surface area (Å²) in [4.78, 5) is 20.4. The third-order valence-electron chi connectivity index (χ3n) is 7.26. The normalized spacial score (nSPS) is 23.2. The van der Waals surface area contributed by atoms with Gasteiger partial charge in [0, 0.05) is 57.0 Å². The Kier molecular flexibility index (Phi) is 8.27. The standard InChI is InChI=1S/C25H34F4N6O/c1-34-30-17-21(33-34)16-23(36)32-20-4-9-24(26,10-5-20)12-15-35-13-7-18-2-3-19(6-11-25(27,28)29)31-22(18)8-14-35/h2-3,17,20H,4-16H2,1H3,(H,32,36). The number of nitrogens with one attached hydrogen (secondary N) is 1. The van der Waals surface area contributed by atoms with Gasteiger partial charge < -0.3 is 10.2 Å². The zero-order valence-corrected chi connectivity index (χ0v) is 20.7. The summed E-state index contributed by atoms with van der Waals surface area (Å²) in [6, 6.07) is 3.57. The van der Waals surface area contributed by atoms with Crippen molar-refractivity contribution in [2.45, 2.75) is 82.1 Å². The second-order valence-corrected chi connectivity index (χ2v) is 10.1. The second kappa shape index (κ2) is 11.2. The number of nitrogens with zero attached hydrogens (tertiary/aromatic N) is 5. The highest BCUT2D eigenvalue weighted by Gasteiger charge is 2.36. The molecule has 1 saturated carbocycles. The molecule has 7 nitrogen and oxygen atoms in total. The predicted octanol–water partition coefficient (Wildman–Crippen LogP) is 3.51. The van der Waals surface area contributed by atoms with Gasteiger partial charge in [-0.25, -0.2) is 4.39 Å². The van der Waals surface area contributed by atoms with Gasteiger partial charge >= 0.3 is 6.18 Å². The van der Waals surface area contributed by atoms with Gasteiger partial charge in [0.25, 0.3) is 0 Å². The molecule has 4 rings (SSSR count). The van der Waals surface area contributed by atoms with Crippen LogP contribution in [0, 0.1) is 0 Å². The molecule has 0 atom stereocenters. The zero-order chi connectivity index (χ0) is 25.8. The van der Waals surface area contributed by atoms with Crippen LogP contribution in [0.5, 0.6) is 0 Å². The lowest BCUT2D eigenvalue weighted by Crippen LogP contribution is -2.43. The van der Waals surface area contributed by atoms with Crippen LogP contribution < -0.4 is 5.32 Å². The van der Waals surface area contributed by atoms with Crippen molar-refractivity contribution in [3.8, 4) is 0 Å². The molecule has 0 spiro atoms. The molecule has 2 aromatic rings. The number of carbonyl (C=O) groups is 1. The average molecular weight is 511 g/mol. The summed E-state index contributed by atoms with van der Waals surface area (Å²) in [6.45, 7) is 2.14. The van der Waals surface area contributed by atoms with Gasteiger partial charge in [0.15, 0.2) is 0 Å². The summed E-state index contributed by atoms with van der Waals surface area (Å²) in [5.74, 6) is -0.119. The third-order valence-corrected chi connectivity index (χ3v) is 7.26. The number of fused-ring (bicyclic) bond motifs is 1. The van der Waals surface area contributed by atoms with Crippen molar-refractivity contribution >= 4 is 5.91 Å². The number of hydrogen-bond donors (Lipinski definition) is 1. The Morgan fingerprint density at radius 2 is 1.92 bits per heavy atom. The fourth-order valence-electron chi connectivity index (χ4n) is 5.11. The molecule has 1 aliphatic heterocycles. The van der Waals surface area contributed by atoms with Crippen molar-refractivity contribution in [2.24, 2.45) is 7.05 Å². The van der Waals surface area contributed by atoms with Crippen molar-refractivity contribution in [1.29, 1.82) is 0 Å². The summed E-state index contributed by atoms with van der Waals surface area (Å²) in [7, 11) is 1.70. The Balaban J connectivity index is 1.19. The first kappa shape index (κ1) is 26.5. The van der Waals surface area contributed by atoms with Crippen molar-refractivity contribution in [3.63, 3.8) is 0 Å². The van der Waals surface area contributed by atoms with Crippen molar-refractivity contribution in [2.75, 3.05) is 19.6 Å². The van der Waals surface area contributed by atoms with E-state index in [2.05, 4.69) is 25.4 Å². The minimum atomic E-state index is -4.18. The fraction of sp³-hybridized carbons (Fsp3) is 0.680. The first-order valence-corrected chi connectivity index (χ1v) is 12.7. The highest BCUT2D eigenvalue weighted by molar-refractivity contribution is 5.78. The van der Waals surface area contributed by atoms with Crippen LogP contribution in [0.3, 0.4) is 0 Å². The molecule has 0 saturated heterocycles. The molecule has 11 heteroatoms. The highest BCUT2D eigenvalue weighted by atomic mass is 19.4. The van der Waals surface area contributed by atoms with Gasteiger partial charge in [0.05, 0.1) is 18.3 Å². The molecule has 0 radical (unpaired) electrons. The number of carbonyl (C=O) groups excluding carboxylic acids is 1. The Morgan fingerprint density at radius 3 is 2.61 bits per heavy atom. The van der Waals surface area contributed by atoms with Crippen molar-refractivity contribution in [1.82, 2.24) is 30.2 Å². The maximum Gasteiger partial charge on any atom is 0.389 e. The number of aromatic nitrogens is 4. The van der Waals surface area contributed by atoms with Crippen LogP contribution in [0.2, 0.25) is 0 Å². The zero-order valence-electron chi connectivity index (χ0n) is 20.7. The van der Waals surface area contributed by atoms with Gasteiger partial charge in [-0.05, 0) is 56.6 Å². The second-order valence-electron chi connectivity index (χ2n) is 10.1. The summed E-state index contributed by atoms with van der Waals surface area (Å²) in [5.41, 5.74) is 1.78. The first-order chi connectivity index (χ1) is 17.1. The molecule has 36 heavy (non-hydrogen) atoms. The Bertz CT molecular complexity index is 1030. The molecule has 0 unspecified atom stereocenters. The van der Waals surface area contributed by atoms with E-state index in [0.29, 0.717) is 56.5 Å². The molecule has 1 fully saturated rings. The number of hydrogen-bond acceptors (Lipinski definition) is 5. The molecule has 1 N–H and O–H groups in total. The van der Waals surface area contributed by atoms with Crippen LogP contribution in [0.4, 0.5) is 17.6 Å². The number of rotatable bonds is 8. The van der Waals surface area contributed by atoms with E-state index in [-0.39, 0.29) is 24.8 Å². The van der Waals surface area contributed by atoms with Crippen LogP contribution >= 0.6 is 0 Å². The molecule has 2 aliphatic rings. The van der Waals surface area contributed by atoms with Gasteiger partial charge in [0.2, 0.25) is 5.91 Å². The summed E-state index contributed by atoms with van der Waals surface area (Å²) in [5, 5.41) is 11.1. The largest absolute Gasteiger partial charge is 0.389 e. The molecular weight excluding hydrogens is 476 g/mol. The molecule has 3 heterocycles. The number of pyridine rings is 1. The Morgan fingerprint density at radius 1 is 1.17 bits per heavy atom. The van der Waals surface area contributed by atoms with Crippen molar-refractivity contribution < 1.29 is 22.4 Å². The van der Waals surface area contributed by atoms with E-state index in [1.807, 2.05) is 6.07 Å². The van der Waals surface area contributed by atoms with Crippen LogP contribution in [0.1, 0.15) is 61.2 Å². The van der Waals surface area contributed by atoms with Crippen LogP contribution in [-0.2, 0) is 37.5 Å². The quantitative estimate of drug-likeness (QED) is 0.551. The van der Waals surface area contributed by atoms with Gasteiger partial charge in [-0.1, -0.05) is 6.07 Å². The molecule has 198 valence electrons. The Hall–Kier alpha value is -2.56. The van der Waals surface area contributed by atoms with Crippen LogP contribution in [-0.4, -0.2) is 68.3 Å². The number of alkyl halides is 4. The third kappa shape index (κ3) is 7.72. The van der Waals surface area contributed by atoms with Gasteiger partial charge in [-0.3, -0.25) is 9.78 Å². The molecular formula is C25H34F4N6O. The molecule has 0 aromatic carbocycles. The lowest BCUT2D eigenvalue weighted by atomic mass is 9.81. The molecule has 1 amide bonds. The monoisotopic (exact) mass is 510 g/mol. The van der Waals surface area contributed by atoms with E-state index < -0.39 is 18.3 Å². The molecule has 1 aliphatic carbocycles. The predicted molar refractivity (Wildman–Crippen MR) is 126 cm³/mol. The fourth-order valence-corrected chi connectivity index (χ4v) is 5.11. The Labute approximate surface area is 208 Å². The number of amides is 1. The van der Waals surface area contributed by atoms with Gasteiger partial charge in [-0.2, -0.15) is 28.2 Å². The first-order valence-electron chi connectivity index (χ1n) is 12.7. The molecule has 2 aromatic heterocycles. The van der Waals surface area contributed by atoms with Crippen LogP contribution in [0.15, 0.2) is 18.3 Å². The lowest BCUT2D eigenvalue weighted by Gasteiger charge is -2.35.